The summed E-state index contributed by atoms with van der Waals surface area (Å²) in [5.41, 5.74) is 0. The van der Waals surface area contributed by atoms with Crippen molar-refractivity contribution in [3.63, 3.8) is 0 Å². The molecule has 0 saturated carbocycles. The molecular weight excluding hydrogens is 236 g/mol. The summed E-state index contributed by atoms with van der Waals surface area (Å²) < 4.78 is 10.9. The van der Waals surface area contributed by atoms with E-state index in [2.05, 4.69) is 22.8 Å². The van der Waals surface area contributed by atoms with Gasteiger partial charge < -0.3 is 9.47 Å². The average Bonchev–Trinajstić information content (AvgIpc) is 2.37. The molecule has 1 rings (SSSR count). The van der Waals surface area contributed by atoms with Gasteiger partial charge in [-0.05, 0) is 12.7 Å². The highest BCUT2D eigenvalue weighted by Gasteiger charge is 2.09. The monoisotopic (exact) mass is 252 g/mol. The van der Waals surface area contributed by atoms with Crippen LogP contribution in [0, 0.1) is 12.3 Å². The summed E-state index contributed by atoms with van der Waals surface area (Å²) in [6, 6.07) is 0. The van der Waals surface area contributed by atoms with E-state index in [4.69, 9.17) is 15.9 Å². The van der Waals surface area contributed by atoms with Crippen LogP contribution in [0.2, 0.25) is 0 Å². The third kappa shape index (κ3) is 4.53. The molecule has 0 atom stereocenters. The fraction of sp³-hybridized carbons (Fsp3) is 0.500. The van der Waals surface area contributed by atoms with Gasteiger partial charge in [-0.25, -0.2) is 4.98 Å². The lowest BCUT2D eigenvalue weighted by molar-refractivity contribution is 0.270. The first kappa shape index (κ1) is 13.7. The van der Waals surface area contributed by atoms with Crippen LogP contribution in [-0.2, 0) is 0 Å². The predicted molar refractivity (Wildman–Crippen MR) is 68.5 cm³/mol. The van der Waals surface area contributed by atoms with Gasteiger partial charge in [0.15, 0.2) is 17.5 Å². The normalized spacial score (nSPS) is 9.71. The van der Waals surface area contributed by atoms with Crippen molar-refractivity contribution in [3.8, 4) is 24.0 Å². The maximum absolute atomic E-state index is 5.55. The molecule has 0 aromatic carbocycles. The van der Waals surface area contributed by atoms with E-state index in [1.165, 1.54) is 11.8 Å². The van der Waals surface area contributed by atoms with Crippen molar-refractivity contribution < 1.29 is 9.47 Å². The van der Waals surface area contributed by atoms with Gasteiger partial charge in [-0.15, -0.1) is 6.42 Å². The molecule has 0 aliphatic heterocycles. The molecule has 92 valence electrons. The molecular formula is C12H16N2O2S. The highest BCUT2D eigenvalue weighted by Crippen LogP contribution is 2.26. The van der Waals surface area contributed by atoms with Crippen LogP contribution in [0.4, 0.5) is 0 Å². The van der Waals surface area contributed by atoms with E-state index < -0.39 is 0 Å². The van der Waals surface area contributed by atoms with Crippen LogP contribution in [0.1, 0.15) is 19.8 Å². The maximum atomic E-state index is 5.55. The average molecular weight is 252 g/mol. The Morgan fingerprint density at radius 2 is 2.29 bits per heavy atom. The molecule has 17 heavy (non-hydrogen) atoms. The zero-order valence-electron chi connectivity index (χ0n) is 10.1. The van der Waals surface area contributed by atoms with Crippen LogP contribution < -0.4 is 9.47 Å². The number of ether oxygens (including phenoxy) is 2. The van der Waals surface area contributed by atoms with Gasteiger partial charge in [0.05, 0.1) is 12.8 Å². The Balaban J connectivity index is 2.75. The largest absolute Gasteiger partial charge is 0.487 e. The Kier molecular flexibility index (Phi) is 6.26. The summed E-state index contributed by atoms with van der Waals surface area (Å²) in [7, 11) is 0. The second-order valence-electron chi connectivity index (χ2n) is 3.22. The molecule has 4 nitrogen and oxygen atoms in total. The third-order valence-electron chi connectivity index (χ3n) is 1.93. The van der Waals surface area contributed by atoms with Crippen molar-refractivity contribution in [2.75, 3.05) is 19.5 Å². The zero-order chi connectivity index (χ0) is 12.5. The van der Waals surface area contributed by atoms with Crippen LogP contribution in [0.15, 0.2) is 11.4 Å². The van der Waals surface area contributed by atoms with E-state index in [1.54, 1.807) is 6.20 Å². The van der Waals surface area contributed by atoms with Crippen LogP contribution in [0.3, 0.4) is 0 Å². The number of aromatic nitrogens is 2. The number of hydrogen-bond acceptors (Lipinski definition) is 5. The van der Waals surface area contributed by atoms with Gasteiger partial charge in [-0.1, -0.05) is 31.0 Å². The number of unbranched alkanes of at least 4 members (excludes halogenated alkanes) is 1. The summed E-state index contributed by atoms with van der Waals surface area (Å²) in [5.74, 6) is 3.37. The van der Waals surface area contributed by atoms with Gasteiger partial charge in [-0.2, -0.15) is 4.98 Å². The van der Waals surface area contributed by atoms with Crippen molar-refractivity contribution in [2.24, 2.45) is 0 Å². The maximum Gasteiger partial charge on any atom is 0.262 e. The van der Waals surface area contributed by atoms with Crippen molar-refractivity contribution in [1.82, 2.24) is 9.97 Å². The van der Waals surface area contributed by atoms with Crippen LogP contribution in [-0.4, -0.2) is 29.4 Å². The minimum atomic E-state index is 0.176. The van der Waals surface area contributed by atoms with Gasteiger partial charge in [0, 0.05) is 0 Å². The Morgan fingerprint density at radius 3 is 2.94 bits per heavy atom. The minimum Gasteiger partial charge on any atom is -0.487 e. The van der Waals surface area contributed by atoms with E-state index in [9.17, 15) is 0 Å². The van der Waals surface area contributed by atoms with Crippen molar-refractivity contribution in [3.05, 3.63) is 6.20 Å². The highest BCUT2D eigenvalue weighted by atomic mass is 32.2. The smallest absolute Gasteiger partial charge is 0.262 e. The lowest BCUT2D eigenvalue weighted by Gasteiger charge is -2.10. The van der Waals surface area contributed by atoms with E-state index in [-0.39, 0.29) is 6.61 Å². The molecule has 0 saturated heterocycles. The minimum absolute atomic E-state index is 0.176. The standard InChI is InChI=1S/C12H16N2O2S/c1-4-6-8-15-10-9-13-12(17-3)14-11(10)16-7-5-2/h2,9H,4,6-8H2,1,3H3. The lowest BCUT2D eigenvalue weighted by Crippen LogP contribution is -2.04. The Labute approximate surface area is 106 Å². The SMILES string of the molecule is C#CCOc1nc(SC)ncc1OCCCC. The number of thioether (sulfide) groups is 1. The van der Waals surface area contributed by atoms with E-state index in [0.717, 1.165) is 12.8 Å². The van der Waals surface area contributed by atoms with Gasteiger partial charge in [-0.3, -0.25) is 0 Å². The molecule has 0 fully saturated rings. The molecule has 5 heteroatoms. The number of rotatable bonds is 7. The first-order valence-corrected chi connectivity index (χ1v) is 6.64. The summed E-state index contributed by atoms with van der Waals surface area (Å²) in [6.45, 7) is 2.91. The van der Waals surface area contributed by atoms with Gasteiger partial charge >= 0.3 is 0 Å². The van der Waals surface area contributed by atoms with Crippen LogP contribution in [0.5, 0.6) is 11.6 Å². The predicted octanol–water partition coefficient (Wildman–Crippen LogP) is 2.39. The molecule has 1 aromatic heterocycles. The number of nitrogens with zero attached hydrogens (tertiary/aromatic N) is 2. The fourth-order valence-corrected chi connectivity index (χ4v) is 1.41. The Hall–Kier alpha value is -1.41. The molecule has 0 aliphatic carbocycles. The molecule has 0 amide bonds. The van der Waals surface area contributed by atoms with Gasteiger partial charge in [0.2, 0.25) is 0 Å². The molecule has 0 unspecified atom stereocenters. The highest BCUT2D eigenvalue weighted by molar-refractivity contribution is 7.98. The molecule has 0 N–H and O–H groups in total. The van der Waals surface area contributed by atoms with Crippen LogP contribution >= 0.6 is 11.8 Å². The second-order valence-corrected chi connectivity index (χ2v) is 3.99. The van der Waals surface area contributed by atoms with Crippen LogP contribution in [0.25, 0.3) is 0 Å². The molecule has 0 radical (unpaired) electrons. The third-order valence-corrected chi connectivity index (χ3v) is 2.49. The van der Waals surface area contributed by atoms with Crippen molar-refractivity contribution in [2.45, 2.75) is 24.9 Å². The van der Waals surface area contributed by atoms with Crippen molar-refractivity contribution in [1.29, 1.82) is 0 Å². The first-order chi connectivity index (χ1) is 8.31. The lowest BCUT2D eigenvalue weighted by atomic mass is 10.4. The number of terminal acetylenes is 1. The molecule has 0 aliphatic rings. The van der Waals surface area contributed by atoms with E-state index in [1.807, 2.05) is 6.26 Å². The molecule has 1 heterocycles. The molecule has 0 spiro atoms. The van der Waals surface area contributed by atoms with E-state index in [0.29, 0.717) is 23.4 Å². The zero-order valence-corrected chi connectivity index (χ0v) is 10.9. The second kappa shape index (κ2) is 7.80. The fourth-order valence-electron chi connectivity index (χ4n) is 1.08. The summed E-state index contributed by atoms with van der Waals surface area (Å²) >= 11 is 1.44. The van der Waals surface area contributed by atoms with Gasteiger partial charge in [0.1, 0.15) is 0 Å². The Bertz CT molecular complexity index is 391. The quantitative estimate of drug-likeness (QED) is 0.323. The molecule has 1 aromatic rings. The Morgan fingerprint density at radius 1 is 1.47 bits per heavy atom. The van der Waals surface area contributed by atoms with Gasteiger partial charge in [0.25, 0.3) is 5.88 Å². The summed E-state index contributed by atoms with van der Waals surface area (Å²) in [5, 5.41) is 0.639. The summed E-state index contributed by atoms with van der Waals surface area (Å²) in [6.07, 6.45) is 10.7. The topological polar surface area (TPSA) is 44.2 Å². The van der Waals surface area contributed by atoms with Crippen molar-refractivity contribution >= 4 is 11.8 Å². The first-order valence-electron chi connectivity index (χ1n) is 5.42. The summed E-state index contributed by atoms with van der Waals surface area (Å²) in [4.78, 5) is 8.36. The van der Waals surface area contributed by atoms with E-state index >= 15 is 0 Å². The number of hydrogen-bond donors (Lipinski definition) is 0. The molecule has 0 bridgehead atoms.